The van der Waals surface area contributed by atoms with Crippen LogP contribution >= 0.6 is 0 Å². The molecule has 2 atom stereocenters. The Bertz CT molecular complexity index is 174. The van der Waals surface area contributed by atoms with E-state index in [1.807, 2.05) is 6.92 Å². The maximum atomic E-state index is 8.83. The monoisotopic (exact) mass is 197 g/mol. The summed E-state index contributed by atoms with van der Waals surface area (Å²) in [4.78, 5) is 2.31. The number of nitrogens with one attached hydrogen (secondary N) is 1. The molecule has 1 N–H and O–H groups in total. The van der Waals surface area contributed by atoms with Crippen molar-refractivity contribution in [3.63, 3.8) is 0 Å². The lowest BCUT2D eigenvalue weighted by Gasteiger charge is -2.24. The maximum Gasteiger partial charge on any atom is 0.0965 e. The first kappa shape index (κ1) is 13.4. The van der Waals surface area contributed by atoms with Gasteiger partial charge in [0.05, 0.1) is 12.1 Å². The van der Waals surface area contributed by atoms with Gasteiger partial charge in [-0.3, -0.25) is 0 Å². The number of nitriles is 1. The van der Waals surface area contributed by atoms with Crippen LogP contribution in [0.4, 0.5) is 0 Å². The molecule has 0 saturated heterocycles. The lowest BCUT2D eigenvalue weighted by atomic mass is 10.2. The predicted molar refractivity (Wildman–Crippen MR) is 60.1 cm³/mol. The zero-order chi connectivity index (χ0) is 11.0. The van der Waals surface area contributed by atoms with Gasteiger partial charge in [-0.05, 0) is 33.4 Å². The van der Waals surface area contributed by atoms with Crippen molar-refractivity contribution in [1.82, 2.24) is 10.2 Å². The Morgan fingerprint density at radius 1 is 1.43 bits per heavy atom. The van der Waals surface area contributed by atoms with Gasteiger partial charge in [0.1, 0.15) is 0 Å². The standard InChI is InChI=1S/C11H23N3/c1-5-10(3)14(4)8-7-11(9-12)13-6-2/h10-11,13H,5-8H2,1-4H3. The highest BCUT2D eigenvalue weighted by Gasteiger charge is 2.10. The van der Waals surface area contributed by atoms with Gasteiger partial charge in [0.25, 0.3) is 0 Å². The molecule has 0 aromatic heterocycles. The molecule has 3 nitrogen and oxygen atoms in total. The van der Waals surface area contributed by atoms with E-state index in [1.165, 1.54) is 0 Å². The second kappa shape index (κ2) is 7.78. The predicted octanol–water partition coefficient (Wildman–Crippen LogP) is 1.61. The molecule has 0 heterocycles. The minimum Gasteiger partial charge on any atom is -0.304 e. The summed E-state index contributed by atoms with van der Waals surface area (Å²) in [7, 11) is 2.12. The number of hydrogen-bond donors (Lipinski definition) is 1. The van der Waals surface area contributed by atoms with Crippen LogP contribution in [0.15, 0.2) is 0 Å². The lowest BCUT2D eigenvalue weighted by Crippen LogP contribution is -2.35. The van der Waals surface area contributed by atoms with E-state index >= 15 is 0 Å². The van der Waals surface area contributed by atoms with Gasteiger partial charge in [0.15, 0.2) is 0 Å². The molecule has 0 aromatic rings. The van der Waals surface area contributed by atoms with E-state index in [4.69, 9.17) is 5.26 Å². The van der Waals surface area contributed by atoms with Gasteiger partial charge in [-0.2, -0.15) is 5.26 Å². The average Bonchev–Trinajstić information content (AvgIpc) is 2.22. The van der Waals surface area contributed by atoms with Crippen molar-refractivity contribution < 1.29 is 0 Å². The minimum absolute atomic E-state index is 0.00602. The molecule has 0 radical (unpaired) electrons. The molecule has 0 aliphatic rings. The van der Waals surface area contributed by atoms with Crippen LogP contribution in [0.3, 0.4) is 0 Å². The quantitative estimate of drug-likeness (QED) is 0.674. The number of hydrogen-bond acceptors (Lipinski definition) is 3. The van der Waals surface area contributed by atoms with E-state index in [1.54, 1.807) is 0 Å². The van der Waals surface area contributed by atoms with E-state index in [9.17, 15) is 0 Å². The Morgan fingerprint density at radius 2 is 2.07 bits per heavy atom. The Hall–Kier alpha value is -0.590. The van der Waals surface area contributed by atoms with Crippen molar-refractivity contribution in [2.75, 3.05) is 20.1 Å². The largest absolute Gasteiger partial charge is 0.304 e. The van der Waals surface area contributed by atoms with Crippen molar-refractivity contribution in [2.45, 2.75) is 45.7 Å². The summed E-state index contributed by atoms with van der Waals surface area (Å²) in [6, 6.07) is 2.89. The first-order chi connectivity index (χ1) is 6.65. The molecule has 0 aromatic carbocycles. The van der Waals surface area contributed by atoms with Crippen LogP contribution < -0.4 is 5.32 Å². The fraction of sp³-hybridized carbons (Fsp3) is 0.909. The van der Waals surface area contributed by atoms with Crippen LogP contribution in [0.25, 0.3) is 0 Å². The van der Waals surface area contributed by atoms with Gasteiger partial charge < -0.3 is 10.2 Å². The summed E-state index contributed by atoms with van der Waals surface area (Å²) in [5, 5.41) is 12.0. The summed E-state index contributed by atoms with van der Waals surface area (Å²) in [6.45, 7) is 8.29. The zero-order valence-electron chi connectivity index (χ0n) is 9.88. The van der Waals surface area contributed by atoms with Crippen molar-refractivity contribution in [1.29, 1.82) is 5.26 Å². The van der Waals surface area contributed by atoms with Crippen LogP contribution in [-0.4, -0.2) is 37.1 Å². The molecule has 0 fully saturated rings. The molecule has 0 rings (SSSR count). The van der Waals surface area contributed by atoms with Crippen molar-refractivity contribution >= 4 is 0 Å². The first-order valence-electron chi connectivity index (χ1n) is 5.48. The summed E-state index contributed by atoms with van der Waals surface area (Å²) in [6.07, 6.45) is 2.07. The van der Waals surface area contributed by atoms with Crippen LogP contribution in [0.5, 0.6) is 0 Å². The van der Waals surface area contributed by atoms with Crippen molar-refractivity contribution in [2.24, 2.45) is 0 Å². The van der Waals surface area contributed by atoms with E-state index in [0.29, 0.717) is 6.04 Å². The highest BCUT2D eigenvalue weighted by molar-refractivity contribution is 4.89. The molecular formula is C11H23N3. The minimum atomic E-state index is 0.00602. The molecule has 0 aliphatic carbocycles. The van der Waals surface area contributed by atoms with E-state index in [0.717, 1.165) is 25.9 Å². The number of rotatable bonds is 7. The fourth-order valence-corrected chi connectivity index (χ4v) is 1.32. The summed E-state index contributed by atoms with van der Waals surface area (Å²) < 4.78 is 0. The average molecular weight is 197 g/mol. The third kappa shape index (κ3) is 5.21. The highest BCUT2D eigenvalue weighted by Crippen LogP contribution is 2.02. The molecule has 0 spiro atoms. The van der Waals surface area contributed by atoms with Crippen LogP contribution in [0, 0.1) is 11.3 Å². The second-order valence-corrected chi connectivity index (χ2v) is 3.77. The summed E-state index contributed by atoms with van der Waals surface area (Å²) >= 11 is 0. The molecule has 0 amide bonds. The molecule has 14 heavy (non-hydrogen) atoms. The molecule has 0 saturated carbocycles. The van der Waals surface area contributed by atoms with E-state index in [-0.39, 0.29) is 6.04 Å². The van der Waals surface area contributed by atoms with Crippen molar-refractivity contribution in [3.05, 3.63) is 0 Å². The van der Waals surface area contributed by atoms with E-state index < -0.39 is 0 Å². The Labute approximate surface area is 88.1 Å². The highest BCUT2D eigenvalue weighted by atomic mass is 15.1. The fourth-order valence-electron chi connectivity index (χ4n) is 1.32. The third-order valence-electron chi connectivity index (χ3n) is 2.72. The van der Waals surface area contributed by atoms with E-state index in [2.05, 4.69) is 37.2 Å². The smallest absolute Gasteiger partial charge is 0.0965 e. The first-order valence-corrected chi connectivity index (χ1v) is 5.48. The van der Waals surface area contributed by atoms with Gasteiger partial charge >= 0.3 is 0 Å². The Balaban J connectivity index is 3.74. The van der Waals surface area contributed by atoms with Gasteiger partial charge in [-0.1, -0.05) is 13.8 Å². The maximum absolute atomic E-state index is 8.83. The van der Waals surface area contributed by atoms with Gasteiger partial charge in [0, 0.05) is 12.6 Å². The van der Waals surface area contributed by atoms with Gasteiger partial charge in [-0.25, -0.2) is 0 Å². The second-order valence-electron chi connectivity index (χ2n) is 3.77. The lowest BCUT2D eigenvalue weighted by molar-refractivity contribution is 0.243. The van der Waals surface area contributed by atoms with Gasteiger partial charge in [0.2, 0.25) is 0 Å². The topological polar surface area (TPSA) is 39.1 Å². The van der Waals surface area contributed by atoms with Crippen molar-refractivity contribution in [3.8, 4) is 6.07 Å². The third-order valence-corrected chi connectivity index (χ3v) is 2.72. The van der Waals surface area contributed by atoms with Crippen LogP contribution in [0.1, 0.15) is 33.6 Å². The number of nitrogens with zero attached hydrogens (tertiary/aromatic N) is 2. The SMILES string of the molecule is CCNC(C#N)CCN(C)C(C)CC. The van der Waals surface area contributed by atoms with Crippen LogP contribution in [0.2, 0.25) is 0 Å². The van der Waals surface area contributed by atoms with Crippen LogP contribution in [-0.2, 0) is 0 Å². The summed E-state index contributed by atoms with van der Waals surface area (Å²) in [5.74, 6) is 0. The summed E-state index contributed by atoms with van der Waals surface area (Å²) in [5.41, 5.74) is 0. The molecule has 0 aliphatic heterocycles. The van der Waals surface area contributed by atoms with Gasteiger partial charge in [-0.15, -0.1) is 0 Å². The Morgan fingerprint density at radius 3 is 2.50 bits per heavy atom. The zero-order valence-corrected chi connectivity index (χ0v) is 9.88. The molecular weight excluding hydrogens is 174 g/mol. The Kier molecular flexibility index (Phi) is 7.45. The molecule has 3 heteroatoms. The molecule has 2 unspecified atom stereocenters. The molecule has 0 bridgehead atoms. The molecule has 82 valence electrons. The normalized spacial score (nSPS) is 15.1.